The van der Waals surface area contributed by atoms with Crippen LogP contribution in [0.5, 0.6) is 0 Å². The molecule has 3 aliphatic rings. The summed E-state index contributed by atoms with van der Waals surface area (Å²) in [5.41, 5.74) is 2.74. The van der Waals surface area contributed by atoms with Gasteiger partial charge in [-0.1, -0.05) is 17.7 Å². The van der Waals surface area contributed by atoms with Crippen molar-refractivity contribution in [3.05, 3.63) is 53.3 Å². The third kappa shape index (κ3) is 2.03. The number of hydrogen-bond acceptors (Lipinski definition) is 3. The van der Waals surface area contributed by atoms with Crippen LogP contribution in [0.25, 0.3) is 0 Å². The van der Waals surface area contributed by atoms with Gasteiger partial charge in [0.15, 0.2) is 0 Å². The third-order valence-corrected chi connectivity index (χ3v) is 7.17. The average molecular weight is 331 g/mol. The van der Waals surface area contributed by atoms with Crippen molar-refractivity contribution in [3.63, 3.8) is 0 Å². The maximum absolute atomic E-state index is 12.9. The molecule has 1 spiro atoms. The zero-order valence-corrected chi connectivity index (χ0v) is 14.5. The highest BCUT2D eigenvalue weighted by Gasteiger charge is 2.56. The molecular formula is C18H21NO3S. The Hall–Kier alpha value is -1.59. The highest BCUT2D eigenvalue weighted by molar-refractivity contribution is 7.89. The second-order valence-electron chi connectivity index (χ2n) is 7.06. The van der Waals surface area contributed by atoms with Gasteiger partial charge in [-0.05, 0) is 50.1 Å². The molecule has 3 aliphatic heterocycles. The van der Waals surface area contributed by atoms with Crippen molar-refractivity contribution < 1.29 is 13.2 Å². The largest absolute Gasteiger partial charge is 0.356 e. The van der Waals surface area contributed by atoms with Crippen LogP contribution >= 0.6 is 0 Å². The van der Waals surface area contributed by atoms with Crippen LogP contribution in [0, 0.1) is 6.92 Å². The molecule has 2 bridgehead atoms. The van der Waals surface area contributed by atoms with E-state index in [4.69, 9.17) is 4.74 Å². The summed E-state index contributed by atoms with van der Waals surface area (Å²) in [6.07, 6.45) is 5.43. The van der Waals surface area contributed by atoms with Gasteiger partial charge in [-0.3, -0.25) is 4.31 Å². The minimum Gasteiger partial charge on any atom is -0.356 e. The summed E-state index contributed by atoms with van der Waals surface area (Å²) in [4.78, 5) is 0.345. The van der Waals surface area contributed by atoms with Crippen molar-refractivity contribution in [2.75, 3.05) is 6.54 Å². The topological polar surface area (TPSA) is 46.6 Å². The second-order valence-corrected chi connectivity index (χ2v) is 8.95. The van der Waals surface area contributed by atoms with E-state index in [0.717, 1.165) is 17.6 Å². The summed E-state index contributed by atoms with van der Waals surface area (Å²) in [6, 6.07) is 7.02. The molecule has 2 atom stereocenters. The van der Waals surface area contributed by atoms with E-state index in [1.807, 2.05) is 19.1 Å². The fourth-order valence-corrected chi connectivity index (χ4v) is 5.20. The lowest BCUT2D eigenvalue weighted by Gasteiger charge is -2.34. The van der Waals surface area contributed by atoms with E-state index in [2.05, 4.69) is 19.9 Å². The number of nitrogens with zero attached hydrogens (tertiary/aromatic N) is 1. The van der Waals surface area contributed by atoms with Crippen LogP contribution in [-0.2, 0) is 14.8 Å². The summed E-state index contributed by atoms with van der Waals surface area (Å²) in [6.45, 7) is 6.58. The van der Waals surface area contributed by atoms with E-state index >= 15 is 0 Å². The molecule has 0 unspecified atom stereocenters. The van der Waals surface area contributed by atoms with E-state index in [1.54, 1.807) is 18.3 Å². The number of sulfonamides is 1. The quantitative estimate of drug-likeness (QED) is 0.782. The first kappa shape index (κ1) is 15.0. The summed E-state index contributed by atoms with van der Waals surface area (Å²) >= 11 is 0. The van der Waals surface area contributed by atoms with Crippen LogP contribution in [-0.4, -0.2) is 30.5 Å². The number of benzene rings is 1. The minimum absolute atomic E-state index is 0.268. The smallest absolute Gasteiger partial charge is 0.263 e. The van der Waals surface area contributed by atoms with Crippen molar-refractivity contribution in [3.8, 4) is 0 Å². The molecule has 1 saturated heterocycles. The standard InChI is InChI=1S/C18H21NO3S/c1-13-4-6-16(7-5-13)23(20,21)19-9-8-18-10-14(2)17(3,22-18)11-15(18)12-19/h4-7,10,12H,8-9,11H2,1-3H3/t17-,18+/m0/s1. The lowest BCUT2D eigenvalue weighted by Crippen LogP contribution is -2.40. The maximum Gasteiger partial charge on any atom is 0.263 e. The lowest BCUT2D eigenvalue weighted by molar-refractivity contribution is -0.0247. The number of hydrogen-bond donors (Lipinski definition) is 0. The van der Waals surface area contributed by atoms with Crippen LogP contribution in [0.2, 0.25) is 0 Å². The molecule has 122 valence electrons. The van der Waals surface area contributed by atoms with Crippen molar-refractivity contribution >= 4 is 10.0 Å². The van der Waals surface area contributed by atoms with E-state index in [0.29, 0.717) is 17.9 Å². The first-order valence-corrected chi connectivity index (χ1v) is 9.39. The van der Waals surface area contributed by atoms with Crippen molar-refractivity contribution in [2.24, 2.45) is 0 Å². The average Bonchev–Trinajstić information content (AvgIpc) is 2.92. The van der Waals surface area contributed by atoms with E-state index < -0.39 is 10.0 Å². The molecule has 4 nitrogen and oxygen atoms in total. The molecule has 0 aromatic heterocycles. The van der Waals surface area contributed by atoms with Gasteiger partial charge in [-0.2, -0.15) is 0 Å². The molecule has 1 aromatic carbocycles. The number of ether oxygens (including phenoxy) is 1. The summed E-state index contributed by atoms with van der Waals surface area (Å²) < 4.78 is 33.5. The summed E-state index contributed by atoms with van der Waals surface area (Å²) in [5, 5.41) is 0. The summed E-state index contributed by atoms with van der Waals surface area (Å²) in [7, 11) is -3.49. The Bertz CT molecular complexity index is 838. The molecule has 0 saturated carbocycles. The first-order valence-electron chi connectivity index (χ1n) is 7.95. The molecule has 1 fully saturated rings. The Morgan fingerprint density at radius 3 is 2.52 bits per heavy atom. The number of aryl methyl sites for hydroxylation is 1. The van der Waals surface area contributed by atoms with Gasteiger partial charge in [-0.25, -0.2) is 8.42 Å². The van der Waals surface area contributed by atoms with E-state index in [-0.39, 0.29) is 11.2 Å². The van der Waals surface area contributed by atoms with Crippen molar-refractivity contribution in [1.82, 2.24) is 4.31 Å². The van der Waals surface area contributed by atoms with Crippen LogP contribution < -0.4 is 0 Å². The Labute approximate surface area is 137 Å². The predicted molar refractivity (Wildman–Crippen MR) is 88.4 cm³/mol. The molecule has 23 heavy (non-hydrogen) atoms. The van der Waals surface area contributed by atoms with Crippen molar-refractivity contribution in [1.29, 1.82) is 0 Å². The van der Waals surface area contributed by atoms with Crippen LogP contribution in [0.15, 0.2) is 52.6 Å². The Morgan fingerprint density at radius 1 is 1.17 bits per heavy atom. The zero-order chi connectivity index (χ0) is 16.5. The fourth-order valence-electron chi connectivity index (χ4n) is 3.85. The van der Waals surface area contributed by atoms with Crippen LogP contribution in [0.4, 0.5) is 0 Å². The Kier molecular flexibility index (Phi) is 2.92. The monoisotopic (exact) mass is 331 g/mol. The fraction of sp³-hybridized carbons (Fsp3) is 0.444. The molecule has 0 radical (unpaired) electrons. The number of rotatable bonds is 2. The molecule has 0 N–H and O–H groups in total. The highest BCUT2D eigenvalue weighted by Crippen LogP contribution is 2.55. The minimum atomic E-state index is -3.49. The highest BCUT2D eigenvalue weighted by atomic mass is 32.2. The van der Waals surface area contributed by atoms with Crippen molar-refractivity contribution in [2.45, 2.75) is 49.7 Å². The normalized spacial score (nSPS) is 32.6. The lowest BCUT2D eigenvalue weighted by atomic mass is 9.78. The predicted octanol–water partition coefficient (Wildman–Crippen LogP) is 3.15. The molecule has 1 aromatic rings. The number of fused-ring (bicyclic) bond motifs is 1. The Morgan fingerprint density at radius 2 is 1.87 bits per heavy atom. The zero-order valence-electron chi connectivity index (χ0n) is 13.7. The molecule has 0 amide bonds. The molecule has 0 aliphatic carbocycles. The van der Waals surface area contributed by atoms with Crippen LogP contribution in [0.1, 0.15) is 32.3 Å². The maximum atomic E-state index is 12.9. The van der Waals surface area contributed by atoms with Gasteiger partial charge in [0.1, 0.15) is 5.60 Å². The molecule has 3 heterocycles. The van der Waals surface area contributed by atoms with Gasteiger partial charge >= 0.3 is 0 Å². The van der Waals surface area contributed by atoms with Gasteiger partial charge < -0.3 is 4.74 Å². The Balaban J connectivity index is 1.71. The first-order chi connectivity index (χ1) is 10.8. The molecule has 4 rings (SSSR count). The van der Waals surface area contributed by atoms with E-state index in [1.165, 1.54) is 9.88 Å². The van der Waals surface area contributed by atoms with E-state index in [9.17, 15) is 8.42 Å². The van der Waals surface area contributed by atoms with Gasteiger partial charge in [0, 0.05) is 25.6 Å². The molecular weight excluding hydrogens is 310 g/mol. The molecule has 5 heteroatoms. The van der Waals surface area contributed by atoms with Gasteiger partial charge in [0.2, 0.25) is 0 Å². The van der Waals surface area contributed by atoms with Gasteiger partial charge in [0.25, 0.3) is 10.0 Å². The second kappa shape index (κ2) is 4.48. The summed E-state index contributed by atoms with van der Waals surface area (Å²) in [5.74, 6) is 0. The van der Waals surface area contributed by atoms with Crippen LogP contribution in [0.3, 0.4) is 0 Å². The SMILES string of the molecule is CC1=C[C@]23CCN(S(=O)(=O)c4ccc(C)cc4)C=C2C[C@]1(C)O3. The third-order valence-electron chi connectivity index (χ3n) is 5.39. The van der Waals surface area contributed by atoms with Gasteiger partial charge in [0.05, 0.1) is 10.5 Å². The van der Waals surface area contributed by atoms with Gasteiger partial charge in [-0.15, -0.1) is 0 Å².